The van der Waals surface area contributed by atoms with E-state index in [-0.39, 0.29) is 0 Å². The van der Waals surface area contributed by atoms with E-state index in [2.05, 4.69) is 142 Å². The highest BCUT2D eigenvalue weighted by Gasteiger charge is 2.41. The van der Waals surface area contributed by atoms with E-state index in [9.17, 15) is 5.11 Å². The molecule has 2 aromatic heterocycles. The number of nitrogens with zero attached hydrogens (tertiary/aromatic N) is 3. The van der Waals surface area contributed by atoms with E-state index < -0.39 is 10.6 Å². The third-order valence-corrected chi connectivity index (χ3v) is 9.93. The van der Waals surface area contributed by atoms with Crippen LogP contribution in [0.5, 0.6) is 0 Å². The first kappa shape index (κ1) is 30.0. The van der Waals surface area contributed by atoms with Gasteiger partial charge < -0.3 is 5.11 Å². The molecular formula is C40H33B4N3O. The maximum absolute atomic E-state index is 12.0. The lowest BCUT2D eigenvalue weighted by molar-refractivity contribution is 0.118. The van der Waals surface area contributed by atoms with Crippen molar-refractivity contribution in [2.75, 3.05) is 0 Å². The first-order chi connectivity index (χ1) is 23.2. The number of fused-ring (bicyclic) bond motifs is 3. The molecule has 0 aliphatic heterocycles. The Kier molecular flexibility index (Phi) is 7.15. The Hall–Kier alpha value is -5.32. The fraction of sp³-hybridized carbons (Fsp3) is 0.0500. The highest BCUT2D eigenvalue weighted by atomic mass is 16.3. The third-order valence-electron chi connectivity index (χ3n) is 9.93. The van der Waals surface area contributed by atoms with Crippen LogP contribution in [0.15, 0.2) is 146 Å². The molecular weight excluding hydrogens is 582 g/mol. The van der Waals surface area contributed by atoms with Crippen molar-refractivity contribution in [3.8, 4) is 39.1 Å². The third kappa shape index (κ3) is 4.87. The van der Waals surface area contributed by atoms with Gasteiger partial charge in [0.2, 0.25) is 0 Å². The van der Waals surface area contributed by atoms with E-state index in [4.69, 9.17) is 4.98 Å². The molecule has 8 heteroatoms. The zero-order valence-electron chi connectivity index (χ0n) is 27.6. The van der Waals surface area contributed by atoms with Crippen LogP contribution in [0, 0.1) is 0 Å². The van der Waals surface area contributed by atoms with Gasteiger partial charge in [-0.1, -0.05) is 102 Å². The van der Waals surface area contributed by atoms with Crippen LogP contribution in [-0.2, 0) is 5.50 Å². The lowest BCUT2D eigenvalue weighted by atomic mass is 9.32. The highest BCUT2D eigenvalue weighted by molar-refractivity contribution is 6.62. The lowest BCUT2D eigenvalue weighted by Gasteiger charge is -2.37. The molecule has 1 N–H and O–H groups in total. The molecule has 0 saturated heterocycles. The molecule has 4 nitrogen and oxygen atoms in total. The van der Waals surface area contributed by atoms with Crippen LogP contribution in [0.3, 0.4) is 0 Å². The molecule has 6 aromatic carbocycles. The Bertz CT molecular complexity index is 2430. The number of para-hydroxylation sites is 2. The summed E-state index contributed by atoms with van der Waals surface area (Å²) in [6.45, 7) is 0. The van der Waals surface area contributed by atoms with Crippen LogP contribution in [0.25, 0.3) is 71.6 Å². The summed E-state index contributed by atoms with van der Waals surface area (Å²) < 4.78 is 2.13. The van der Waals surface area contributed by atoms with Gasteiger partial charge in [-0.05, 0) is 85.8 Å². The maximum atomic E-state index is 12.0. The Morgan fingerprint density at radius 2 is 1.08 bits per heavy atom. The first-order valence-corrected chi connectivity index (χ1v) is 16.5. The van der Waals surface area contributed by atoms with Crippen LogP contribution in [0.2, 0.25) is 5.11 Å². The van der Waals surface area contributed by atoms with Crippen molar-refractivity contribution in [3.63, 3.8) is 0 Å². The Labute approximate surface area is 284 Å². The minimum Gasteiger partial charge on any atom is -0.393 e. The molecule has 0 fully saturated rings. The summed E-state index contributed by atoms with van der Waals surface area (Å²) in [4.78, 5) is 9.37. The average molecular weight is 615 g/mol. The number of rotatable bonds is 6. The van der Waals surface area contributed by atoms with E-state index in [0.717, 1.165) is 33.4 Å². The number of imidazole rings is 1. The van der Waals surface area contributed by atoms with Crippen molar-refractivity contribution in [1.29, 1.82) is 0 Å². The number of hydrogen-bond donors (Lipinski definition) is 1. The van der Waals surface area contributed by atoms with Crippen molar-refractivity contribution < 1.29 is 5.11 Å². The second-order valence-corrected chi connectivity index (χ2v) is 13.8. The molecule has 0 aliphatic rings. The summed E-state index contributed by atoms with van der Waals surface area (Å²) in [5.74, 6) is 0.631. The maximum Gasteiger partial charge on any atom is 0.150 e. The Balaban J connectivity index is 1.38. The molecule has 1 unspecified atom stereocenters. The van der Waals surface area contributed by atoms with Crippen molar-refractivity contribution in [3.05, 3.63) is 152 Å². The van der Waals surface area contributed by atoms with Gasteiger partial charge in [0.05, 0.1) is 40.1 Å². The topological polar surface area (TPSA) is 50.9 Å². The minimum atomic E-state index is -1.19. The first-order valence-electron chi connectivity index (χ1n) is 16.5. The molecule has 0 aliphatic carbocycles. The molecule has 0 amide bonds. The summed E-state index contributed by atoms with van der Waals surface area (Å²) in [7, 11) is 8.04. The van der Waals surface area contributed by atoms with Gasteiger partial charge in [-0.2, -0.15) is 0 Å². The monoisotopic (exact) mass is 615 g/mol. The molecule has 0 spiro atoms. The van der Waals surface area contributed by atoms with Gasteiger partial charge in [-0.25, -0.2) is 4.98 Å². The van der Waals surface area contributed by atoms with Crippen molar-refractivity contribution in [2.45, 2.75) is 10.6 Å². The van der Waals surface area contributed by atoms with Crippen LogP contribution in [0.4, 0.5) is 0 Å². The molecule has 48 heavy (non-hydrogen) atoms. The van der Waals surface area contributed by atoms with E-state index in [0.29, 0.717) is 5.82 Å². The van der Waals surface area contributed by atoms with Gasteiger partial charge in [-0.15, -0.1) is 0 Å². The number of aliphatic hydroxyl groups is 1. The Morgan fingerprint density at radius 1 is 0.542 bits per heavy atom. The quantitative estimate of drug-likeness (QED) is 0.199. The van der Waals surface area contributed by atoms with E-state index in [1.165, 1.54) is 38.2 Å². The van der Waals surface area contributed by atoms with Crippen molar-refractivity contribution >= 4 is 64.0 Å². The molecule has 226 valence electrons. The fourth-order valence-corrected chi connectivity index (χ4v) is 6.89. The van der Waals surface area contributed by atoms with Crippen LogP contribution < -0.4 is 0 Å². The highest BCUT2D eigenvalue weighted by Crippen LogP contribution is 2.45. The summed E-state index contributed by atoms with van der Waals surface area (Å²) in [5, 5.41) is 16.3. The van der Waals surface area contributed by atoms with E-state index in [1.54, 1.807) is 0 Å². The standard InChI is InChI=1S/C40H33B4N3O/c41-39(48,40(42,43)44)38-46-34-19-5-6-20-35(34)47(38)29-14-8-12-27(23-29)37-32-17-3-1-15-30(32)36(31-16-2-4-18-33(31)37)26-11-7-10-25(22-26)28-13-9-21-45-24-28/h1-24,48H,41-44H2. The minimum absolute atomic E-state index is 0.444. The van der Waals surface area contributed by atoms with Crippen LogP contribution in [0.1, 0.15) is 5.82 Å². The lowest BCUT2D eigenvalue weighted by Crippen LogP contribution is -2.44. The van der Waals surface area contributed by atoms with E-state index >= 15 is 0 Å². The average Bonchev–Trinajstić information content (AvgIpc) is 3.51. The molecule has 1 atom stereocenters. The van der Waals surface area contributed by atoms with Crippen LogP contribution in [-0.4, -0.2) is 51.0 Å². The SMILES string of the molecule is BC(B)(B)C(B)(O)c1nc2ccccc2n1-c1cccc(-c2c3ccccc3c(-c3cccc(-c4cccnc4)c3)c3ccccc23)c1. The molecule has 8 rings (SSSR count). The number of benzene rings is 6. The van der Waals surface area contributed by atoms with Gasteiger partial charge in [-0.3, -0.25) is 9.55 Å². The van der Waals surface area contributed by atoms with Crippen LogP contribution >= 0.6 is 0 Å². The van der Waals surface area contributed by atoms with Gasteiger partial charge in [0.15, 0.2) is 7.85 Å². The smallest absolute Gasteiger partial charge is 0.150 e. The molecule has 0 bridgehead atoms. The second kappa shape index (κ2) is 11.4. The fourth-order valence-electron chi connectivity index (χ4n) is 6.89. The molecule has 2 heterocycles. The summed E-state index contributed by atoms with van der Waals surface area (Å²) >= 11 is 0. The summed E-state index contributed by atoms with van der Waals surface area (Å²) in [6.07, 6.45) is 3.73. The van der Waals surface area contributed by atoms with Gasteiger partial charge in [0, 0.05) is 23.6 Å². The Morgan fingerprint density at radius 3 is 1.69 bits per heavy atom. The second-order valence-electron chi connectivity index (χ2n) is 13.8. The predicted octanol–water partition coefficient (Wildman–Crippen LogP) is 5.48. The van der Waals surface area contributed by atoms with Gasteiger partial charge in [0.25, 0.3) is 0 Å². The number of pyridine rings is 1. The van der Waals surface area contributed by atoms with Gasteiger partial charge >= 0.3 is 0 Å². The molecule has 0 saturated carbocycles. The largest absolute Gasteiger partial charge is 0.393 e. The predicted molar refractivity (Wildman–Crippen MR) is 211 cm³/mol. The zero-order valence-corrected chi connectivity index (χ0v) is 27.6. The molecule has 0 radical (unpaired) electrons. The van der Waals surface area contributed by atoms with Crippen molar-refractivity contribution in [1.82, 2.24) is 14.5 Å². The normalized spacial score (nSPS) is 13.2. The number of aromatic nitrogens is 3. The van der Waals surface area contributed by atoms with Crippen molar-refractivity contribution in [2.24, 2.45) is 0 Å². The van der Waals surface area contributed by atoms with E-state index in [1.807, 2.05) is 44.5 Å². The number of hydrogen-bond acceptors (Lipinski definition) is 3. The summed E-state index contributed by atoms with van der Waals surface area (Å²) in [5.41, 5.74) is 8.51. The van der Waals surface area contributed by atoms with Gasteiger partial charge in [0.1, 0.15) is 5.82 Å². The zero-order chi connectivity index (χ0) is 33.0. The molecule has 8 aromatic rings. The summed E-state index contributed by atoms with van der Waals surface area (Å²) in [6, 6.07) is 47.1.